The van der Waals surface area contributed by atoms with Gasteiger partial charge in [0.2, 0.25) is 0 Å². The van der Waals surface area contributed by atoms with Crippen molar-refractivity contribution in [2.75, 3.05) is 13.7 Å². The van der Waals surface area contributed by atoms with Gasteiger partial charge in [-0.1, -0.05) is 6.07 Å². The normalized spacial score (nSPS) is 12.8. The van der Waals surface area contributed by atoms with Crippen molar-refractivity contribution in [2.24, 2.45) is 5.73 Å². The monoisotopic (exact) mass is 293 g/mol. The summed E-state index contributed by atoms with van der Waals surface area (Å²) in [5.41, 5.74) is 6.85. The van der Waals surface area contributed by atoms with Crippen LogP contribution in [-0.2, 0) is 4.74 Å². The van der Waals surface area contributed by atoms with Crippen molar-refractivity contribution in [3.05, 3.63) is 27.3 Å². The molecule has 72 valence electrons. The lowest BCUT2D eigenvalue weighted by Gasteiger charge is -2.12. The van der Waals surface area contributed by atoms with Crippen LogP contribution in [0.5, 0.6) is 5.75 Å². The summed E-state index contributed by atoms with van der Waals surface area (Å²) in [6, 6.07) is 5.01. The number of hydrogen-bond donors (Lipinski definition) is 2. The van der Waals surface area contributed by atoms with Gasteiger partial charge in [-0.05, 0) is 40.3 Å². The molecule has 1 aromatic rings. The summed E-state index contributed by atoms with van der Waals surface area (Å²) >= 11 is 2.15. The Kier molecular flexibility index (Phi) is 3.95. The number of phenols is 1. The van der Waals surface area contributed by atoms with E-state index in [9.17, 15) is 5.11 Å². The molecule has 0 aliphatic rings. The first-order valence-electron chi connectivity index (χ1n) is 3.88. The Morgan fingerprint density at radius 1 is 1.62 bits per heavy atom. The lowest BCUT2D eigenvalue weighted by atomic mass is 10.1. The van der Waals surface area contributed by atoms with Gasteiger partial charge in [0.05, 0.1) is 12.6 Å². The first kappa shape index (κ1) is 10.7. The molecule has 0 saturated carbocycles. The smallest absolute Gasteiger partial charge is 0.116 e. The zero-order chi connectivity index (χ0) is 9.84. The Hall–Kier alpha value is -0.330. The molecule has 0 aromatic heterocycles. The fraction of sp³-hybridized carbons (Fsp3) is 0.333. The van der Waals surface area contributed by atoms with Gasteiger partial charge in [0.1, 0.15) is 5.75 Å². The van der Waals surface area contributed by atoms with E-state index in [1.807, 2.05) is 6.07 Å². The lowest BCUT2D eigenvalue weighted by molar-refractivity contribution is 0.180. The van der Waals surface area contributed by atoms with Gasteiger partial charge in [0.15, 0.2) is 0 Å². The standard InChI is InChI=1S/C9H12INO2/c1-13-5-9(11)7-3-2-6(12)4-8(7)10/h2-4,9,12H,5,11H2,1H3/t9-/m0/s1. The summed E-state index contributed by atoms with van der Waals surface area (Å²) < 4.78 is 5.91. The molecule has 0 heterocycles. The Labute approximate surface area is 91.0 Å². The van der Waals surface area contributed by atoms with Crippen molar-refractivity contribution in [2.45, 2.75) is 6.04 Å². The molecule has 0 aliphatic carbocycles. The lowest BCUT2D eigenvalue weighted by Crippen LogP contribution is -2.17. The van der Waals surface area contributed by atoms with Crippen LogP contribution >= 0.6 is 22.6 Å². The Morgan fingerprint density at radius 3 is 2.85 bits per heavy atom. The number of methoxy groups -OCH3 is 1. The van der Waals surface area contributed by atoms with E-state index in [1.165, 1.54) is 0 Å². The zero-order valence-electron chi connectivity index (χ0n) is 7.33. The number of rotatable bonds is 3. The number of ether oxygens (including phenoxy) is 1. The average molecular weight is 293 g/mol. The minimum absolute atomic E-state index is 0.127. The Balaban J connectivity index is 2.88. The van der Waals surface area contributed by atoms with E-state index < -0.39 is 0 Å². The number of phenolic OH excluding ortho intramolecular Hbond substituents is 1. The van der Waals surface area contributed by atoms with E-state index in [1.54, 1.807) is 19.2 Å². The highest BCUT2D eigenvalue weighted by Crippen LogP contribution is 2.22. The van der Waals surface area contributed by atoms with Crippen molar-refractivity contribution in [3.63, 3.8) is 0 Å². The first-order valence-corrected chi connectivity index (χ1v) is 4.96. The van der Waals surface area contributed by atoms with E-state index >= 15 is 0 Å². The van der Waals surface area contributed by atoms with Crippen LogP contribution < -0.4 is 5.73 Å². The van der Waals surface area contributed by atoms with Crippen molar-refractivity contribution in [1.82, 2.24) is 0 Å². The molecule has 1 aromatic carbocycles. The molecule has 0 saturated heterocycles. The van der Waals surface area contributed by atoms with Gasteiger partial charge in [-0.25, -0.2) is 0 Å². The molecule has 3 nitrogen and oxygen atoms in total. The predicted octanol–water partition coefficient (Wildman–Crippen LogP) is 1.64. The van der Waals surface area contributed by atoms with Gasteiger partial charge in [0, 0.05) is 10.7 Å². The Morgan fingerprint density at radius 2 is 2.31 bits per heavy atom. The van der Waals surface area contributed by atoms with E-state index in [2.05, 4.69) is 22.6 Å². The predicted molar refractivity (Wildman–Crippen MR) is 59.6 cm³/mol. The minimum atomic E-state index is -0.127. The van der Waals surface area contributed by atoms with Crippen molar-refractivity contribution in [1.29, 1.82) is 0 Å². The highest BCUT2D eigenvalue weighted by atomic mass is 127. The summed E-state index contributed by atoms with van der Waals surface area (Å²) in [7, 11) is 1.62. The van der Waals surface area contributed by atoms with E-state index in [0.717, 1.165) is 9.13 Å². The zero-order valence-corrected chi connectivity index (χ0v) is 9.48. The van der Waals surface area contributed by atoms with Gasteiger partial charge >= 0.3 is 0 Å². The van der Waals surface area contributed by atoms with Gasteiger partial charge in [-0.3, -0.25) is 0 Å². The second-order valence-corrected chi connectivity index (χ2v) is 3.93. The van der Waals surface area contributed by atoms with Crippen LogP contribution in [0.2, 0.25) is 0 Å². The molecule has 0 unspecified atom stereocenters. The average Bonchev–Trinajstić information content (AvgIpc) is 2.04. The first-order chi connectivity index (χ1) is 6.15. The van der Waals surface area contributed by atoms with E-state index in [4.69, 9.17) is 10.5 Å². The summed E-state index contributed by atoms with van der Waals surface area (Å²) in [6.07, 6.45) is 0. The molecule has 0 fully saturated rings. The van der Waals surface area contributed by atoms with E-state index in [-0.39, 0.29) is 11.8 Å². The molecule has 0 radical (unpaired) electrons. The highest BCUT2D eigenvalue weighted by molar-refractivity contribution is 14.1. The maximum atomic E-state index is 9.17. The number of halogens is 1. The molecule has 0 aliphatic heterocycles. The molecule has 0 amide bonds. The third-order valence-electron chi connectivity index (χ3n) is 1.73. The molecule has 1 rings (SSSR count). The van der Waals surface area contributed by atoms with Crippen molar-refractivity contribution >= 4 is 22.6 Å². The van der Waals surface area contributed by atoms with Crippen LogP contribution in [0.25, 0.3) is 0 Å². The van der Waals surface area contributed by atoms with Gasteiger partial charge in [-0.2, -0.15) is 0 Å². The van der Waals surface area contributed by atoms with Gasteiger partial charge in [-0.15, -0.1) is 0 Å². The van der Waals surface area contributed by atoms with Crippen molar-refractivity contribution < 1.29 is 9.84 Å². The number of benzene rings is 1. The fourth-order valence-corrected chi connectivity index (χ4v) is 1.98. The molecule has 13 heavy (non-hydrogen) atoms. The molecular weight excluding hydrogens is 281 g/mol. The Bertz CT molecular complexity index is 291. The second kappa shape index (κ2) is 4.78. The van der Waals surface area contributed by atoms with Crippen molar-refractivity contribution in [3.8, 4) is 5.75 Å². The summed E-state index contributed by atoms with van der Waals surface area (Å²) in [6.45, 7) is 0.487. The number of hydrogen-bond acceptors (Lipinski definition) is 3. The quantitative estimate of drug-likeness (QED) is 0.833. The van der Waals surface area contributed by atoms with Crippen LogP contribution in [0.1, 0.15) is 11.6 Å². The molecule has 0 bridgehead atoms. The summed E-state index contributed by atoms with van der Waals surface area (Å²) in [5, 5.41) is 9.17. The molecule has 1 atom stereocenters. The topological polar surface area (TPSA) is 55.5 Å². The summed E-state index contributed by atoms with van der Waals surface area (Å²) in [4.78, 5) is 0. The third-order valence-corrected chi connectivity index (χ3v) is 2.66. The van der Waals surface area contributed by atoms with E-state index in [0.29, 0.717) is 6.61 Å². The van der Waals surface area contributed by atoms with Crippen LogP contribution in [0, 0.1) is 3.57 Å². The largest absolute Gasteiger partial charge is 0.508 e. The fourth-order valence-electron chi connectivity index (χ4n) is 1.09. The molecular formula is C9H12INO2. The van der Waals surface area contributed by atoms with Gasteiger partial charge < -0.3 is 15.6 Å². The van der Waals surface area contributed by atoms with Gasteiger partial charge in [0.25, 0.3) is 0 Å². The number of nitrogens with two attached hydrogens (primary N) is 1. The SMILES string of the molecule is COC[C@H](N)c1ccc(O)cc1I. The van der Waals surface area contributed by atoms with Crippen LogP contribution in [0.15, 0.2) is 18.2 Å². The van der Waals surface area contributed by atoms with Crippen LogP contribution in [-0.4, -0.2) is 18.8 Å². The second-order valence-electron chi connectivity index (χ2n) is 2.77. The summed E-state index contributed by atoms with van der Waals surface area (Å²) in [5.74, 6) is 0.262. The minimum Gasteiger partial charge on any atom is -0.508 e. The van der Waals surface area contributed by atoms with Crippen LogP contribution in [0.3, 0.4) is 0 Å². The number of aromatic hydroxyl groups is 1. The third kappa shape index (κ3) is 2.82. The molecule has 3 N–H and O–H groups in total. The maximum absolute atomic E-state index is 9.17. The van der Waals surface area contributed by atoms with Crippen LogP contribution in [0.4, 0.5) is 0 Å². The molecule has 0 spiro atoms. The highest BCUT2D eigenvalue weighted by Gasteiger charge is 2.09. The molecule has 4 heteroatoms. The maximum Gasteiger partial charge on any atom is 0.116 e.